The number of halogens is 2. The molecule has 0 atom stereocenters. The highest BCUT2D eigenvalue weighted by Gasteiger charge is 2.06. The summed E-state index contributed by atoms with van der Waals surface area (Å²) in [5.41, 5.74) is 4.93. The van der Waals surface area contributed by atoms with Crippen LogP contribution in [0.1, 0.15) is 5.56 Å². The van der Waals surface area contributed by atoms with Crippen molar-refractivity contribution in [1.29, 1.82) is 0 Å². The molecule has 78 valence electrons. The van der Waals surface area contributed by atoms with E-state index in [0.717, 1.165) is 13.2 Å². The van der Waals surface area contributed by atoms with Crippen LogP contribution in [0.3, 0.4) is 0 Å². The van der Waals surface area contributed by atoms with Gasteiger partial charge >= 0.3 is 5.97 Å². The van der Waals surface area contributed by atoms with Crippen molar-refractivity contribution in [2.75, 3.05) is 12.8 Å². The van der Waals surface area contributed by atoms with E-state index < -0.39 is 17.6 Å². The number of hydrogen-bond acceptors (Lipinski definition) is 3. The summed E-state index contributed by atoms with van der Waals surface area (Å²) in [6.45, 7) is 0. The van der Waals surface area contributed by atoms with E-state index in [1.54, 1.807) is 0 Å². The maximum Gasteiger partial charge on any atom is 0.384 e. The van der Waals surface area contributed by atoms with Gasteiger partial charge in [-0.15, -0.1) is 0 Å². The molecule has 0 bridgehead atoms. The van der Waals surface area contributed by atoms with Crippen molar-refractivity contribution in [2.24, 2.45) is 0 Å². The first kappa shape index (κ1) is 11.0. The zero-order chi connectivity index (χ0) is 11.4. The molecular formula is C10H7F2NO2. The van der Waals surface area contributed by atoms with Gasteiger partial charge in [-0.1, -0.05) is 0 Å². The number of esters is 1. The van der Waals surface area contributed by atoms with Crippen LogP contribution in [0.5, 0.6) is 0 Å². The summed E-state index contributed by atoms with van der Waals surface area (Å²) in [5, 5.41) is 0. The Hall–Kier alpha value is -2.09. The fourth-order valence-corrected chi connectivity index (χ4v) is 0.890. The first-order valence-corrected chi connectivity index (χ1v) is 3.89. The molecule has 15 heavy (non-hydrogen) atoms. The summed E-state index contributed by atoms with van der Waals surface area (Å²) >= 11 is 0. The first-order chi connectivity index (χ1) is 7.04. The lowest BCUT2D eigenvalue weighted by Gasteiger charge is -1.99. The predicted octanol–water partition coefficient (Wildman–Crippen LogP) is 1.07. The molecule has 0 aliphatic heterocycles. The minimum atomic E-state index is -0.913. The molecule has 0 aliphatic carbocycles. The number of nitrogen functional groups attached to an aromatic ring is 1. The van der Waals surface area contributed by atoms with Gasteiger partial charge in [-0.25, -0.2) is 13.6 Å². The zero-order valence-electron chi connectivity index (χ0n) is 7.80. The SMILES string of the molecule is COC(=O)C#Cc1c(N)cc(F)cc1F. The number of anilines is 1. The monoisotopic (exact) mass is 211 g/mol. The van der Waals surface area contributed by atoms with Crippen LogP contribution in [-0.4, -0.2) is 13.1 Å². The maximum absolute atomic E-state index is 13.1. The van der Waals surface area contributed by atoms with Crippen molar-refractivity contribution in [3.63, 3.8) is 0 Å². The van der Waals surface area contributed by atoms with Crippen molar-refractivity contribution in [3.8, 4) is 11.8 Å². The predicted molar refractivity (Wildman–Crippen MR) is 49.7 cm³/mol. The average Bonchev–Trinajstić information content (AvgIpc) is 2.15. The van der Waals surface area contributed by atoms with Crippen LogP contribution < -0.4 is 5.73 Å². The Labute approximate surface area is 84.8 Å². The third-order valence-electron chi connectivity index (χ3n) is 1.56. The van der Waals surface area contributed by atoms with Crippen molar-refractivity contribution in [3.05, 3.63) is 29.3 Å². The number of methoxy groups -OCH3 is 1. The fraction of sp³-hybridized carbons (Fsp3) is 0.100. The highest BCUT2D eigenvalue weighted by atomic mass is 19.1. The van der Waals surface area contributed by atoms with E-state index in [0.29, 0.717) is 6.07 Å². The molecule has 0 saturated carbocycles. The molecule has 0 saturated heterocycles. The molecule has 0 spiro atoms. The normalized spacial score (nSPS) is 9.00. The summed E-state index contributed by atoms with van der Waals surface area (Å²) in [7, 11) is 1.14. The largest absolute Gasteiger partial charge is 0.459 e. The van der Waals surface area contributed by atoms with Crippen molar-refractivity contribution in [2.45, 2.75) is 0 Å². The van der Waals surface area contributed by atoms with E-state index in [2.05, 4.69) is 10.7 Å². The molecule has 0 amide bonds. The van der Waals surface area contributed by atoms with E-state index in [1.165, 1.54) is 0 Å². The van der Waals surface area contributed by atoms with Crippen molar-refractivity contribution in [1.82, 2.24) is 0 Å². The number of carbonyl (C=O) groups excluding carboxylic acids is 1. The molecule has 0 radical (unpaired) electrons. The molecule has 0 heterocycles. The number of rotatable bonds is 0. The molecule has 5 heteroatoms. The van der Waals surface area contributed by atoms with Crippen LogP contribution >= 0.6 is 0 Å². The van der Waals surface area contributed by atoms with Gasteiger partial charge in [-0.2, -0.15) is 0 Å². The second-order valence-corrected chi connectivity index (χ2v) is 2.59. The Balaban J connectivity index is 3.14. The van der Waals surface area contributed by atoms with E-state index in [9.17, 15) is 13.6 Å². The van der Waals surface area contributed by atoms with Gasteiger partial charge in [0.05, 0.1) is 18.4 Å². The van der Waals surface area contributed by atoms with Crippen molar-refractivity contribution < 1.29 is 18.3 Å². The number of carbonyl (C=O) groups is 1. The van der Waals surface area contributed by atoms with E-state index in [1.807, 2.05) is 5.92 Å². The van der Waals surface area contributed by atoms with E-state index >= 15 is 0 Å². The zero-order valence-corrected chi connectivity index (χ0v) is 7.80. The van der Waals surface area contributed by atoms with Gasteiger partial charge in [0.15, 0.2) is 0 Å². The lowest BCUT2D eigenvalue weighted by atomic mass is 10.1. The quantitative estimate of drug-likeness (QED) is 0.396. The Morgan fingerprint density at radius 2 is 2.13 bits per heavy atom. The Bertz CT molecular complexity index is 437. The van der Waals surface area contributed by atoms with Crippen LogP contribution in [0, 0.1) is 23.5 Å². The Morgan fingerprint density at radius 1 is 1.47 bits per heavy atom. The molecule has 0 aliphatic rings. The standard InChI is InChI=1S/C10H7F2NO2/c1-15-10(14)3-2-7-8(12)4-6(11)5-9(7)13/h4-5H,13H2,1H3. The van der Waals surface area contributed by atoms with Crippen LogP contribution in [0.25, 0.3) is 0 Å². The van der Waals surface area contributed by atoms with Crippen LogP contribution in [0.2, 0.25) is 0 Å². The third kappa shape index (κ3) is 2.68. The number of ether oxygens (including phenoxy) is 1. The minimum Gasteiger partial charge on any atom is -0.459 e. The van der Waals surface area contributed by atoms with Gasteiger partial charge in [0.25, 0.3) is 0 Å². The van der Waals surface area contributed by atoms with Crippen LogP contribution in [0.4, 0.5) is 14.5 Å². The minimum absolute atomic E-state index is 0.163. The molecule has 1 aromatic rings. The number of hydrogen-bond donors (Lipinski definition) is 1. The number of benzene rings is 1. The number of nitrogens with two attached hydrogens (primary N) is 1. The van der Waals surface area contributed by atoms with Gasteiger partial charge in [0.1, 0.15) is 11.6 Å². The summed E-state index contributed by atoms with van der Waals surface area (Å²) in [5.74, 6) is 1.63. The molecule has 0 fully saturated rings. The lowest BCUT2D eigenvalue weighted by molar-refractivity contribution is -0.133. The molecule has 3 nitrogen and oxygen atoms in total. The second kappa shape index (κ2) is 4.42. The van der Waals surface area contributed by atoms with Gasteiger partial charge in [0.2, 0.25) is 0 Å². The average molecular weight is 211 g/mol. The van der Waals surface area contributed by atoms with Gasteiger partial charge < -0.3 is 10.5 Å². The second-order valence-electron chi connectivity index (χ2n) is 2.59. The Kier molecular flexibility index (Phi) is 3.24. The van der Waals surface area contributed by atoms with Gasteiger partial charge in [0, 0.05) is 12.0 Å². The van der Waals surface area contributed by atoms with Crippen LogP contribution in [-0.2, 0) is 9.53 Å². The highest BCUT2D eigenvalue weighted by Crippen LogP contribution is 2.16. The van der Waals surface area contributed by atoms with Gasteiger partial charge in [-0.3, -0.25) is 0 Å². The maximum atomic E-state index is 13.1. The van der Waals surface area contributed by atoms with E-state index in [-0.39, 0.29) is 11.3 Å². The third-order valence-corrected chi connectivity index (χ3v) is 1.56. The first-order valence-electron chi connectivity index (χ1n) is 3.89. The lowest BCUT2D eigenvalue weighted by Crippen LogP contribution is -1.98. The summed E-state index contributed by atoms with van der Waals surface area (Å²) < 4.78 is 29.9. The molecular weight excluding hydrogens is 204 g/mol. The van der Waals surface area contributed by atoms with E-state index in [4.69, 9.17) is 5.73 Å². The topological polar surface area (TPSA) is 52.3 Å². The van der Waals surface area contributed by atoms with Crippen molar-refractivity contribution >= 4 is 11.7 Å². The Morgan fingerprint density at radius 3 is 2.67 bits per heavy atom. The van der Waals surface area contributed by atoms with Crippen LogP contribution in [0.15, 0.2) is 12.1 Å². The summed E-state index contributed by atoms with van der Waals surface area (Å²) in [6, 6.07) is 1.56. The molecule has 0 aromatic heterocycles. The molecule has 1 aromatic carbocycles. The van der Waals surface area contributed by atoms with Gasteiger partial charge in [-0.05, 0) is 12.0 Å². The fourth-order valence-electron chi connectivity index (χ4n) is 0.890. The smallest absolute Gasteiger partial charge is 0.384 e. The molecule has 0 unspecified atom stereocenters. The molecule has 1 rings (SSSR count). The molecule has 2 N–H and O–H groups in total. The highest BCUT2D eigenvalue weighted by molar-refractivity contribution is 5.89. The summed E-state index contributed by atoms with van der Waals surface area (Å²) in [6.07, 6.45) is 0. The summed E-state index contributed by atoms with van der Waals surface area (Å²) in [4.78, 5) is 10.6.